The summed E-state index contributed by atoms with van der Waals surface area (Å²) in [4.78, 5) is 11.6. The molecule has 4 nitrogen and oxygen atoms in total. The Morgan fingerprint density at radius 3 is 2.65 bits per heavy atom. The minimum Gasteiger partial charge on any atom is -0.497 e. The van der Waals surface area contributed by atoms with Crippen LogP contribution >= 0.6 is 0 Å². The molecule has 17 heavy (non-hydrogen) atoms. The van der Waals surface area contributed by atoms with E-state index in [9.17, 15) is 4.79 Å². The zero-order valence-corrected chi connectivity index (χ0v) is 10.6. The molecular formula is C13H19NO3. The lowest BCUT2D eigenvalue weighted by atomic mass is 10.1. The number of rotatable bonds is 6. The van der Waals surface area contributed by atoms with Crippen molar-refractivity contribution in [2.24, 2.45) is 0 Å². The van der Waals surface area contributed by atoms with Crippen LogP contribution in [-0.4, -0.2) is 26.7 Å². The molecule has 0 aliphatic rings. The third kappa shape index (κ3) is 3.98. The molecule has 1 aromatic carbocycles. The topological polar surface area (TPSA) is 47.6 Å². The summed E-state index contributed by atoms with van der Waals surface area (Å²) in [7, 11) is 3.19. The highest BCUT2D eigenvalue weighted by atomic mass is 16.5. The lowest BCUT2D eigenvalue weighted by Crippen LogP contribution is -2.25. The molecule has 0 aliphatic heterocycles. The molecule has 0 saturated carbocycles. The molecule has 1 aromatic rings. The third-order valence-electron chi connectivity index (χ3n) is 2.42. The molecule has 94 valence electrons. The van der Waals surface area contributed by atoms with E-state index in [0.29, 0.717) is 18.7 Å². The normalized spacial score (nSPS) is 9.82. The van der Waals surface area contributed by atoms with Crippen molar-refractivity contribution < 1.29 is 14.3 Å². The van der Waals surface area contributed by atoms with Gasteiger partial charge in [0, 0.05) is 18.2 Å². The van der Waals surface area contributed by atoms with Gasteiger partial charge in [-0.3, -0.25) is 4.79 Å². The molecule has 0 aromatic heterocycles. The number of benzene rings is 1. The van der Waals surface area contributed by atoms with Gasteiger partial charge in [0.25, 0.3) is 0 Å². The monoisotopic (exact) mass is 237 g/mol. The molecule has 0 saturated heterocycles. The maximum absolute atomic E-state index is 11.6. The molecule has 0 radical (unpaired) electrons. The molecule has 1 rings (SSSR count). The van der Waals surface area contributed by atoms with E-state index >= 15 is 0 Å². The van der Waals surface area contributed by atoms with E-state index < -0.39 is 0 Å². The molecule has 0 spiro atoms. The Morgan fingerprint density at radius 2 is 2.06 bits per heavy atom. The number of carbonyl (C=O) groups is 1. The first-order valence-corrected chi connectivity index (χ1v) is 5.68. The molecule has 0 atom stereocenters. The first-order valence-electron chi connectivity index (χ1n) is 5.68. The van der Waals surface area contributed by atoms with Crippen molar-refractivity contribution in [1.82, 2.24) is 5.32 Å². The molecule has 0 unspecified atom stereocenters. The smallest absolute Gasteiger partial charge is 0.224 e. The minimum atomic E-state index is 0.00955. The van der Waals surface area contributed by atoms with Crippen LogP contribution in [0, 0.1) is 0 Å². The first-order chi connectivity index (χ1) is 8.21. The number of hydrogen-bond donors (Lipinski definition) is 1. The number of hydrogen-bond acceptors (Lipinski definition) is 3. The van der Waals surface area contributed by atoms with Crippen LogP contribution in [0.1, 0.15) is 18.9 Å². The van der Waals surface area contributed by atoms with Gasteiger partial charge in [0.15, 0.2) is 0 Å². The van der Waals surface area contributed by atoms with Gasteiger partial charge in [-0.15, -0.1) is 0 Å². The first kappa shape index (κ1) is 13.4. The van der Waals surface area contributed by atoms with Gasteiger partial charge in [-0.1, -0.05) is 13.0 Å². The molecule has 0 aliphatic carbocycles. The van der Waals surface area contributed by atoms with Crippen LogP contribution in [-0.2, 0) is 11.2 Å². The van der Waals surface area contributed by atoms with Crippen molar-refractivity contribution in [3.05, 3.63) is 23.8 Å². The minimum absolute atomic E-state index is 0.00955. The predicted molar refractivity (Wildman–Crippen MR) is 66.6 cm³/mol. The highest BCUT2D eigenvalue weighted by molar-refractivity contribution is 5.79. The third-order valence-corrected chi connectivity index (χ3v) is 2.42. The largest absolute Gasteiger partial charge is 0.497 e. The van der Waals surface area contributed by atoms with Gasteiger partial charge in [0.1, 0.15) is 11.5 Å². The Hall–Kier alpha value is -1.71. The maximum Gasteiger partial charge on any atom is 0.224 e. The van der Waals surface area contributed by atoms with Gasteiger partial charge < -0.3 is 14.8 Å². The fourth-order valence-corrected chi connectivity index (χ4v) is 1.50. The SMILES string of the molecule is CCCNC(=O)Cc1ccc(OC)cc1OC. The second kappa shape index (κ2) is 6.78. The zero-order chi connectivity index (χ0) is 12.7. The average Bonchev–Trinajstić information content (AvgIpc) is 2.36. The van der Waals surface area contributed by atoms with E-state index in [1.807, 2.05) is 19.1 Å². The fraction of sp³-hybridized carbons (Fsp3) is 0.462. The van der Waals surface area contributed by atoms with Gasteiger partial charge in [-0.25, -0.2) is 0 Å². The van der Waals surface area contributed by atoms with Crippen molar-refractivity contribution in [2.45, 2.75) is 19.8 Å². The number of amides is 1. The second-order valence-electron chi connectivity index (χ2n) is 3.70. The Kier molecular flexibility index (Phi) is 5.33. The number of methoxy groups -OCH3 is 2. The van der Waals surface area contributed by atoms with E-state index in [2.05, 4.69) is 5.32 Å². The second-order valence-corrected chi connectivity index (χ2v) is 3.70. The number of ether oxygens (including phenoxy) is 2. The molecule has 1 N–H and O–H groups in total. The van der Waals surface area contributed by atoms with Gasteiger partial charge in [-0.2, -0.15) is 0 Å². The van der Waals surface area contributed by atoms with Gasteiger partial charge >= 0.3 is 0 Å². The summed E-state index contributed by atoms with van der Waals surface area (Å²) < 4.78 is 10.3. The number of nitrogens with one attached hydrogen (secondary N) is 1. The summed E-state index contributed by atoms with van der Waals surface area (Å²) in [6.07, 6.45) is 1.26. The summed E-state index contributed by atoms with van der Waals surface area (Å²) in [5, 5.41) is 2.83. The highest BCUT2D eigenvalue weighted by Gasteiger charge is 2.09. The highest BCUT2D eigenvalue weighted by Crippen LogP contribution is 2.24. The van der Waals surface area contributed by atoms with Crippen LogP contribution < -0.4 is 14.8 Å². The number of carbonyl (C=O) groups excluding carboxylic acids is 1. The standard InChI is InChI=1S/C13H19NO3/c1-4-7-14-13(15)8-10-5-6-11(16-2)9-12(10)17-3/h5-6,9H,4,7-8H2,1-3H3,(H,14,15). The lowest BCUT2D eigenvalue weighted by molar-refractivity contribution is -0.120. The summed E-state index contributed by atoms with van der Waals surface area (Å²) in [6.45, 7) is 2.73. The van der Waals surface area contributed by atoms with E-state index in [1.165, 1.54) is 0 Å². The fourth-order valence-electron chi connectivity index (χ4n) is 1.50. The van der Waals surface area contributed by atoms with Crippen LogP contribution in [0.2, 0.25) is 0 Å². The van der Waals surface area contributed by atoms with Crippen LogP contribution in [0.5, 0.6) is 11.5 Å². The average molecular weight is 237 g/mol. The molecular weight excluding hydrogens is 218 g/mol. The molecule has 0 bridgehead atoms. The molecule has 0 fully saturated rings. The zero-order valence-electron chi connectivity index (χ0n) is 10.6. The van der Waals surface area contributed by atoms with Crippen LogP contribution in [0.25, 0.3) is 0 Å². The van der Waals surface area contributed by atoms with Gasteiger partial charge in [-0.05, 0) is 12.5 Å². The van der Waals surface area contributed by atoms with Gasteiger partial charge in [0.05, 0.1) is 20.6 Å². The van der Waals surface area contributed by atoms with Crippen molar-refractivity contribution >= 4 is 5.91 Å². The Morgan fingerprint density at radius 1 is 1.29 bits per heavy atom. The Bertz CT molecular complexity index is 377. The van der Waals surface area contributed by atoms with Crippen LogP contribution in [0.4, 0.5) is 0 Å². The summed E-state index contributed by atoms with van der Waals surface area (Å²) in [6, 6.07) is 5.45. The van der Waals surface area contributed by atoms with Crippen molar-refractivity contribution in [1.29, 1.82) is 0 Å². The molecule has 1 amide bonds. The molecule has 4 heteroatoms. The molecule has 0 heterocycles. The Balaban J connectivity index is 2.73. The predicted octanol–water partition coefficient (Wildman–Crippen LogP) is 1.77. The van der Waals surface area contributed by atoms with Gasteiger partial charge in [0.2, 0.25) is 5.91 Å². The van der Waals surface area contributed by atoms with Crippen molar-refractivity contribution in [2.75, 3.05) is 20.8 Å². The quantitative estimate of drug-likeness (QED) is 0.820. The van der Waals surface area contributed by atoms with Crippen LogP contribution in [0.15, 0.2) is 18.2 Å². The van der Waals surface area contributed by atoms with E-state index in [0.717, 1.165) is 17.7 Å². The van der Waals surface area contributed by atoms with Crippen LogP contribution in [0.3, 0.4) is 0 Å². The van der Waals surface area contributed by atoms with E-state index in [1.54, 1.807) is 20.3 Å². The van der Waals surface area contributed by atoms with Crippen molar-refractivity contribution in [3.8, 4) is 11.5 Å². The Labute approximate surface area is 102 Å². The van der Waals surface area contributed by atoms with E-state index in [-0.39, 0.29) is 5.91 Å². The summed E-state index contributed by atoms with van der Waals surface area (Å²) in [5.74, 6) is 1.41. The lowest BCUT2D eigenvalue weighted by Gasteiger charge is -2.10. The van der Waals surface area contributed by atoms with E-state index in [4.69, 9.17) is 9.47 Å². The summed E-state index contributed by atoms with van der Waals surface area (Å²) >= 11 is 0. The van der Waals surface area contributed by atoms with Crippen molar-refractivity contribution in [3.63, 3.8) is 0 Å². The maximum atomic E-state index is 11.6. The summed E-state index contributed by atoms with van der Waals surface area (Å²) in [5.41, 5.74) is 0.863.